The molecule has 3 aromatic rings. The highest BCUT2D eigenvalue weighted by Gasteiger charge is 2.11. The predicted molar refractivity (Wildman–Crippen MR) is 71.3 cm³/mol. The van der Waals surface area contributed by atoms with Crippen molar-refractivity contribution in [2.75, 3.05) is 5.32 Å². The zero-order valence-electron chi connectivity index (χ0n) is 10.4. The number of hydrogen-bond donors (Lipinski definition) is 2. The third kappa shape index (κ3) is 1.73. The van der Waals surface area contributed by atoms with Crippen LogP contribution in [0.3, 0.4) is 0 Å². The van der Waals surface area contributed by atoms with Crippen molar-refractivity contribution in [1.82, 2.24) is 19.7 Å². The number of H-pyrrole nitrogens is 1. The molecule has 0 fully saturated rings. The number of rotatable bonds is 3. The third-order valence-corrected chi connectivity index (χ3v) is 3.09. The summed E-state index contributed by atoms with van der Waals surface area (Å²) in [5.41, 5.74) is 2.07. The van der Waals surface area contributed by atoms with E-state index in [2.05, 4.69) is 27.4 Å². The van der Waals surface area contributed by atoms with Crippen molar-refractivity contribution >= 4 is 16.6 Å². The second-order valence-corrected chi connectivity index (χ2v) is 4.40. The number of anilines is 1. The first-order valence-corrected chi connectivity index (χ1v) is 5.91. The van der Waals surface area contributed by atoms with Crippen molar-refractivity contribution in [2.45, 2.75) is 13.0 Å². The standard InChI is InChI=1S/C13H15N5/c1-9(13-14-6-7-18(13)2)16-11-5-3-4-10-8-15-17-12(10)11/h3-9,16H,1-2H3,(H,15,17). The molecule has 1 atom stereocenters. The first kappa shape index (κ1) is 10.8. The number of imidazole rings is 1. The van der Waals surface area contributed by atoms with E-state index in [9.17, 15) is 0 Å². The van der Waals surface area contributed by atoms with Crippen LogP contribution in [0.2, 0.25) is 0 Å². The summed E-state index contributed by atoms with van der Waals surface area (Å²) in [6.45, 7) is 2.09. The zero-order valence-corrected chi connectivity index (χ0v) is 10.4. The van der Waals surface area contributed by atoms with Crippen LogP contribution in [-0.2, 0) is 7.05 Å². The Balaban J connectivity index is 1.93. The second-order valence-electron chi connectivity index (χ2n) is 4.40. The Labute approximate surface area is 105 Å². The van der Waals surface area contributed by atoms with Crippen LogP contribution in [0.25, 0.3) is 10.9 Å². The van der Waals surface area contributed by atoms with Crippen LogP contribution in [0.4, 0.5) is 5.69 Å². The van der Waals surface area contributed by atoms with Gasteiger partial charge in [-0.1, -0.05) is 12.1 Å². The third-order valence-electron chi connectivity index (χ3n) is 3.09. The molecule has 92 valence electrons. The van der Waals surface area contributed by atoms with Gasteiger partial charge in [0.25, 0.3) is 0 Å². The zero-order chi connectivity index (χ0) is 12.5. The van der Waals surface area contributed by atoms with E-state index < -0.39 is 0 Å². The van der Waals surface area contributed by atoms with E-state index in [1.165, 1.54) is 0 Å². The minimum Gasteiger partial charge on any atom is -0.374 e. The molecular formula is C13H15N5. The average molecular weight is 241 g/mol. The summed E-state index contributed by atoms with van der Waals surface area (Å²) in [7, 11) is 2.00. The molecule has 0 radical (unpaired) electrons. The van der Waals surface area contributed by atoms with Gasteiger partial charge in [-0.3, -0.25) is 5.10 Å². The van der Waals surface area contributed by atoms with E-state index in [1.54, 1.807) is 0 Å². The SMILES string of the molecule is CC(Nc1cccc2cn[nH]c12)c1nccn1C. The molecule has 0 saturated heterocycles. The molecule has 0 saturated carbocycles. The number of nitrogens with one attached hydrogen (secondary N) is 2. The normalized spacial score (nSPS) is 12.8. The van der Waals surface area contributed by atoms with Gasteiger partial charge >= 0.3 is 0 Å². The van der Waals surface area contributed by atoms with Gasteiger partial charge in [-0.05, 0) is 13.0 Å². The number of nitrogens with zero attached hydrogens (tertiary/aromatic N) is 3. The fourth-order valence-electron chi connectivity index (χ4n) is 2.18. The fourth-order valence-corrected chi connectivity index (χ4v) is 2.18. The number of aromatic nitrogens is 4. The van der Waals surface area contributed by atoms with Crippen molar-refractivity contribution in [3.8, 4) is 0 Å². The Kier molecular flexibility index (Phi) is 2.51. The average Bonchev–Trinajstić information content (AvgIpc) is 2.97. The van der Waals surface area contributed by atoms with Crippen molar-refractivity contribution in [2.24, 2.45) is 7.05 Å². The van der Waals surface area contributed by atoms with E-state index in [4.69, 9.17) is 0 Å². The topological polar surface area (TPSA) is 58.5 Å². The van der Waals surface area contributed by atoms with Crippen LogP contribution < -0.4 is 5.32 Å². The molecule has 0 amide bonds. The Hall–Kier alpha value is -2.30. The summed E-state index contributed by atoms with van der Waals surface area (Å²) in [6.07, 6.45) is 5.58. The molecule has 0 aliphatic rings. The van der Waals surface area contributed by atoms with E-state index in [-0.39, 0.29) is 6.04 Å². The largest absolute Gasteiger partial charge is 0.374 e. The van der Waals surface area contributed by atoms with Crippen molar-refractivity contribution in [1.29, 1.82) is 0 Å². The summed E-state index contributed by atoms with van der Waals surface area (Å²) in [6, 6.07) is 6.24. The lowest BCUT2D eigenvalue weighted by molar-refractivity contribution is 0.722. The molecule has 2 heterocycles. The Bertz CT molecular complexity index is 667. The first-order valence-electron chi connectivity index (χ1n) is 5.91. The summed E-state index contributed by atoms with van der Waals surface area (Å²) in [5, 5.41) is 11.6. The highest BCUT2D eigenvalue weighted by molar-refractivity contribution is 5.89. The molecule has 2 N–H and O–H groups in total. The fraction of sp³-hybridized carbons (Fsp3) is 0.231. The van der Waals surface area contributed by atoms with Crippen LogP contribution in [0.15, 0.2) is 36.8 Å². The number of aryl methyl sites for hydroxylation is 1. The lowest BCUT2D eigenvalue weighted by Gasteiger charge is -2.15. The first-order chi connectivity index (χ1) is 8.75. The van der Waals surface area contributed by atoms with Gasteiger partial charge in [-0.2, -0.15) is 5.10 Å². The van der Waals surface area contributed by atoms with Gasteiger partial charge in [0.15, 0.2) is 0 Å². The monoisotopic (exact) mass is 241 g/mol. The van der Waals surface area contributed by atoms with Gasteiger partial charge in [-0.25, -0.2) is 4.98 Å². The molecule has 0 aliphatic carbocycles. The van der Waals surface area contributed by atoms with Crippen LogP contribution in [-0.4, -0.2) is 19.7 Å². The van der Waals surface area contributed by atoms with Gasteiger partial charge in [0, 0.05) is 24.8 Å². The molecular weight excluding hydrogens is 226 g/mol. The van der Waals surface area contributed by atoms with Gasteiger partial charge in [0.2, 0.25) is 0 Å². The Morgan fingerprint density at radius 3 is 3.06 bits per heavy atom. The number of hydrogen-bond acceptors (Lipinski definition) is 3. The Morgan fingerprint density at radius 1 is 1.39 bits per heavy atom. The summed E-state index contributed by atoms with van der Waals surface area (Å²) >= 11 is 0. The highest BCUT2D eigenvalue weighted by Crippen LogP contribution is 2.24. The lowest BCUT2D eigenvalue weighted by Crippen LogP contribution is -2.12. The molecule has 0 aliphatic heterocycles. The number of aromatic amines is 1. The number of fused-ring (bicyclic) bond motifs is 1. The maximum absolute atomic E-state index is 4.35. The van der Waals surface area contributed by atoms with Crippen molar-refractivity contribution in [3.05, 3.63) is 42.6 Å². The lowest BCUT2D eigenvalue weighted by atomic mass is 10.2. The molecule has 2 aromatic heterocycles. The van der Waals surface area contributed by atoms with Crippen LogP contribution >= 0.6 is 0 Å². The van der Waals surface area contributed by atoms with Crippen molar-refractivity contribution in [3.63, 3.8) is 0 Å². The van der Waals surface area contributed by atoms with E-state index in [0.717, 1.165) is 22.4 Å². The molecule has 1 aromatic carbocycles. The maximum Gasteiger partial charge on any atom is 0.130 e. The quantitative estimate of drug-likeness (QED) is 0.740. The summed E-state index contributed by atoms with van der Waals surface area (Å²) in [5.74, 6) is 1.01. The molecule has 0 spiro atoms. The molecule has 0 bridgehead atoms. The molecule has 18 heavy (non-hydrogen) atoms. The van der Waals surface area contributed by atoms with Crippen molar-refractivity contribution < 1.29 is 0 Å². The minimum atomic E-state index is 0.138. The number of para-hydroxylation sites is 1. The predicted octanol–water partition coefficient (Wildman–Crippen LogP) is 2.47. The van der Waals surface area contributed by atoms with Gasteiger partial charge in [-0.15, -0.1) is 0 Å². The number of benzene rings is 1. The van der Waals surface area contributed by atoms with Gasteiger partial charge < -0.3 is 9.88 Å². The highest BCUT2D eigenvalue weighted by atomic mass is 15.1. The summed E-state index contributed by atoms with van der Waals surface area (Å²) < 4.78 is 2.02. The maximum atomic E-state index is 4.35. The van der Waals surface area contributed by atoms with Crippen LogP contribution in [0.1, 0.15) is 18.8 Å². The van der Waals surface area contributed by atoms with Gasteiger partial charge in [0.1, 0.15) is 5.82 Å². The molecule has 5 nitrogen and oxygen atoms in total. The second kappa shape index (κ2) is 4.18. The Morgan fingerprint density at radius 2 is 2.28 bits per heavy atom. The van der Waals surface area contributed by atoms with E-state index in [0.29, 0.717) is 0 Å². The molecule has 1 unspecified atom stereocenters. The molecule has 3 rings (SSSR count). The smallest absolute Gasteiger partial charge is 0.130 e. The van der Waals surface area contributed by atoms with E-state index >= 15 is 0 Å². The van der Waals surface area contributed by atoms with Crippen LogP contribution in [0, 0.1) is 0 Å². The van der Waals surface area contributed by atoms with E-state index in [1.807, 2.05) is 48.4 Å². The minimum absolute atomic E-state index is 0.138. The van der Waals surface area contributed by atoms with Crippen LogP contribution in [0.5, 0.6) is 0 Å². The van der Waals surface area contributed by atoms with Gasteiger partial charge in [0.05, 0.1) is 23.4 Å². The molecule has 5 heteroatoms. The summed E-state index contributed by atoms with van der Waals surface area (Å²) in [4.78, 5) is 4.35.